The molecule has 1 fully saturated rings. The molecule has 3 aromatic carbocycles. The molecule has 1 aliphatic heterocycles. The zero-order chi connectivity index (χ0) is 24.0. The number of hydrogen-bond donors (Lipinski definition) is 0. The van der Waals surface area contributed by atoms with Crippen molar-refractivity contribution in [2.45, 2.75) is 57.5 Å². The smallest absolute Gasteiger partial charge is 0.256 e. The lowest BCUT2D eigenvalue weighted by atomic mass is 9.95. The van der Waals surface area contributed by atoms with Crippen molar-refractivity contribution in [2.24, 2.45) is 0 Å². The zero-order valence-corrected chi connectivity index (χ0v) is 19.9. The number of nitrogens with zero attached hydrogens (tertiary/aromatic N) is 2. The Labute approximate surface area is 206 Å². The molecule has 5 nitrogen and oxygen atoms in total. The summed E-state index contributed by atoms with van der Waals surface area (Å²) in [6.07, 6.45) is 4.53. The Hall–Kier alpha value is -3.62. The van der Waals surface area contributed by atoms with Crippen LogP contribution in [-0.2, 0) is 29.1 Å². The number of carbonyl (C=O) groups is 1. The van der Waals surface area contributed by atoms with E-state index in [0.29, 0.717) is 37.4 Å². The van der Waals surface area contributed by atoms with Crippen LogP contribution in [0.2, 0.25) is 0 Å². The predicted molar refractivity (Wildman–Crippen MR) is 134 cm³/mol. The van der Waals surface area contributed by atoms with Gasteiger partial charge in [-0.2, -0.15) is 5.26 Å². The lowest BCUT2D eigenvalue weighted by molar-refractivity contribution is -0.149. The average Bonchev–Trinajstić information content (AvgIpc) is 3.44. The van der Waals surface area contributed by atoms with E-state index in [9.17, 15) is 10.1 Å². The third kappa shape index (κ3) is 5.23. The highest BCUT2D eigenvalue weighted by atomic mass is 16.5. The number of amides is 1. The van der Waals surface area contributed by atoms with E-state index < -0.39 is 6.10 Å². The first kappa shape index (κ1) is 23.1. The molecular weight excluding hydrogens is 436 g/mol. The van der Waals surface area contributed by atoms with E-state index in [4.69, 9.17) is 9.47 Å². The fourth-order valence-electron chi connectivity index (χ4n) is 5.08. The van der Waals surface area contributed by atoms with Crippen LogP contribution >= 0.6 is 0 Å². The van der Waals surface area contributed by atoms with Crippen LogP contribution in [0.3, 0.4) is 0 Å². The summed E-state index contributed by atoms with van der Waals surface area (Å²) in [4.78, 5) is 15.6. The average molecular weight is 467 g/mol. The molecule has 1 aliphatic carbocycles. The van der Waals surface area contributed by atoms with E-state index in [1.54, 1.807) is 6.07 Å². The predicted octanol–water partition coefficient (Wildman–Crippen LogP) is 5.72. The standard InChI is InChI=1S/C30H30N2O3/c31-19-24-15-16-25-20-32(18-17-27(25)28(24)34-21-22-9-3-1-4-10-22)30(33)29(23-11-5-2-6-12-23)35-26-13-7-8-14-26/h1-6,9-12,15-16,26,29H,7-8,13-14,17-18,20-21H2. The molecule has 1 unspecified atom stereocenters. The molecule has 3 aromatic rings. The number of carbonyl (C=O) groups excluding carboxylic acids is 1. The Bertz CT molecular complexity index is 1200. The molecule has 1 heterocycles. The molecule has 1 amide bonds. The number of rotatable bonds is 7. The van der Waals surface area contributed by atoms with Crippen LogP contribution in [0.5, 0.6) is 5.75 Å². The molecule has 5 heteroatoms. The fourth-order valence-corrected chi connectivity index (χ4v) is 5.08. The van der Waals surface area contributed by atoms with E-state index in [2.05, 4.69) is 6.07 Å². The van der Waals surface area contributed by atoms with Gasteiger partial charge in [-0.3, -0.25) is 4.79 Å². The van der Waals surface area contributed by atoms with Crippen molar-refractivity contribution in [1.82, 2.24) is 4.90 Å². The van der Waals surface area contributed by atoms with Crippen molar-refractivity contribution in [3.8, 4) is 11.8 Å². The Morgan fingerprint density at radius 3 is 2.43 bits per heavy atom. The first-order chi connectivity index (χ1) is 17.2. The molecule has 0 radical (unpaired) electrons. The summed E-state index contributed by atoms with van der Waals surface area (Å²) < 4.78 is 12.6. The van der Waals surface area contributed by atoms with E-state index >= 15 is 0 Å². The first-order valence-electron chi connectivity index (χ1n) is 12.4. The second kappa shape index (κ2) is 10.8. The molecule has 2 aliphatic rings. The van der Waals surface area contributed by atoms with Crippen molar-refractivity contribution in [3.05, 3.63) is 101 Å². The van der Waals surface area contributed by atoms with Crippen molar-refractivity contribution < 1.29 is 14.3 Å². The number of hydrogen-bond acceptors (Lipinski definition) is 4. The summed E-state index contributed by atoms with van der Waals surface area (Å²) in [5, 5.41) is 9.68. The topological polar surface area (TPSA) is 62.6 Å². The van der Waals surface area contributed by atoms with Gasteiger partial charge in [-0.05, 0) is 42.0 Å². The second-order valence-electron chi connectivity index (χ2n) is 9.31. The van der Waals surface area contributed by atoms with E-state index in [0.717, 1.165) is 47.9 Å². The Morgan fingerprint density at radius 2 is 1.71 bits per heavy atom. The van der Waals surface area contributed by atoms with Gasteiger partial charge >= 0.3 is 0 Å². The van der Waals surface area contributed by atoms with Gasteiger partial charge < -0.3 is 14.4 Å². The Kier molecular flexibility index (Phi) is 7.11. The molecule has 1 atom stereocenters. The van der Waals surface area contributed by atoms with Gasteiger partial charge in [-0.25, -0.2) is 0 Å². The van der Waals surface area contributed by atoms with Gasteiger partial charge in [0.15, 0.2) is 6.10 Å². The van der Waals surface area contributed by atoms with Crippen LogP contribution in [-0.4, -0.2) is 23.5 Å². The van der Waals surface area contributed by atoms with Crippen molar-refractivity contribution >= 4 is 5.91 Å². The largest absolute Gasteiger partial charge is 0.487 e. The summed E-state index contributed by atoms with van der Waals surface area (Å²) in [6, 6.07) is 25.8. The maximum Gasteiger partial charge on any atom is 0.256 e. The van der Waals surface area contributed by atoms with Gasteiger partial charge in [0.05, 0.1) is 11.7 Å². The Balaban J connectivity index is 1.36. The molecule has 0 saturated heterocycles. The van der Waals surface area contributed by atoms with Crippen LogP contribution in [0.4, 0.5) is 0 Å². The van der Waals surface area contributed by atoms with Gasteiger partial charge in [-0.1, -0.05) is 79.6 Å². The molecule has 35 heavy (non-hydrogen) atoms. The molecular formula is C30H30N2O3. The summed E-state index contributed by atoms with van der Waals surface area (Å²) in [5.41, 5.74) is 4.54. The zero-order valence-electron chi connectivity index (χ0n) is 19.9. The summed E-state index contributed by atoms with van der Waals surface area (Å²) in [6.45, 7) is 1.46. The minimum Gasteiger partial charge on any atom is -0.487 e. The molecule has 0 bridgehead atoms. The molecule has 0 spiro atoms. The van der Waals surface area contributed by atoms with Crippen LogP contribution < -0.4 is 4.74 Å². The second-order valence-corrected chi connectivity index (χ2v) is 9.31. The van der Waals surface area contributed by atoms with E-state index in [-0.39, 0.29) is 12.0 Å². The highest BCUT2D eigenvalue weighted by molar-refractivity contribution is 5.82. The maximum atomic E-state index is 13.7. The number of ether oxygens (including phenoxy) is 2. The molecule has 1 saturated carbocycles. The lowest BCUT2D eigenvalue weighted by Gasteiger charge is -2.33. The highest BCUT2D eigenvalue weighted by Gasteiger charge is 2.33. The van der Waals surface area contributed by atoms with Gasteiger partial charge in [0, 0.05) is 18.7 Å². The van der Waals surface area contributed by atoms with Crippen LogP contribution in [0.15, 0.2) is 72.8 Å². The SMILES string of the molecule is N#Cc1ccc2c(c1OCc1ccccc1)CCN(C(=O)C(OC1CCCC1)c1ccccc1)C2. The summed E-state index contributed by atoms with van der Waals surface area (Å²) in [7, 11) is 0. The van der Waals surface area contributed by atoms with Gasteiger partial charge in [0.1, 0.15) is 18.4 Å². The normalized spacial score (nSPS) is 16.4. The van der Waals surface area contributed by atoms with Gasteiger partial charge in [0.25, 0.3) is 5.91 Å². The molecule has 5 rings (SSSR count). The molecule has 0 N–H and O–H groups in total. The monoisotopic (exact) mass is 466 g/mol. The lowest BCUT2D eigenvalue weighted by Crippen LogP contribution is -2.40. The summed E-state index contributed by atoms with van der Waals surface area (Å²) >= 11 is 0. The number of nitriles is 1. The van der Waals surface area contributed by atoms with Crippen LogP contribution in [0.25, 0.3) is 0 Å². The van der Waals surface area contributed by atoms with Crippen molar-refractivity contribution in [3.63, 3.8) is 0 Å². The van der Waals surface area contributed by atoms with Crippen molar-refractivity contribution in [2.75, 3.05) is 6.54 Å². The number of benzene rings is 3. The number of fused-ring (bicyclic) bond motifs is 1. The first-order valence-corrected chi connectivity index (χ1v) is 12.4. The maximum absolute atomic E-state index is 13.7. The van der Waals surface area contributed by atoms with Crippen molar-refractivity contribution in [1.29, 1.82) is 5.26 Å². The molecule has 178 valence electrons. The van der Waals surface area contributed by atoms with Gasteiger partial charge in [0.2, 0.25) is 0 Å². The van der Waals surface area contributed by atoms with E-state index in [1.165, 1.54) is 0 Å². The van der Waals surface area contributed by atoms with Gasteiger partial charge in [-0.15, -0.1) is 0 Å². The molecule has 0 aromatic heterocycles. The third-order valence-corrected chi connectivity index (χ3v) is 6.97. The third-order valence-electron chi connectivity index (χ3n) is 6.97. The van der Waals surface area contributed by atoms with Crippen LogP contribution in [0.1, 0.15) is 59.6 Å². The fraction of sp³-hybridized carbons (Fsp3) is 0.333. The minimum absolute atomic E-state index is 0.00450. The quantitative estimate of drug-likeness (QED) is 0.447. The van der Waals surface area contributed by atoms with E-state index in [1.807, 2.05) is 71.6 Å². The summed E-state index contributed by atoms with van der Waals surface area (Å²) in [5.74, 6) is 0.646. The Morgan fingerprint density at radius 1 is 1.00 bits per heavy atom. The van der Waals surface area contributed by atoms with Crippen LogP contribution in [0, 0.1) is 11.3 Å². The minimum atomic E-state index is -0.590. The highest BCUT2D eigenvalue weighted by Crippen LogP contribution is 2.35.